The van der Waals surface area contributed by atoms with Gasteiger partial charge in [-0.25, -0.2) is 4.79 Å². The molecule has 0 bridgehead atoms. The van der Waals surface area contributed by atoms with Gasteiger partial charge in [0.25, 0.3) is 0 Å². The Morgan fingerprint density at radius 2 is 1.54 bits per heavy atom. The van der Waals surface area contributed by atoms with Crippen molar-refractivity contribution in [3.8, 4) is 5.75 Å². The molecule has 0 aliphatic carbocycles. The van der Waals surface area contributed by atoms with Crippen molar-refractivity contribution >= 4 is 17.8 Å². The van der Waals surface area contributed by atoms with Gasteiger partial charge in [0, 0.05) is 0 Å². The molecule has 8 nitrogen and oxygen atoms in total. The van der Waals surface area contributed by atoms with Gasteiger partial charge in [0.2, 0.25) is 11.8 Å². The van der Waals surface area contributed by atoms with Crippen molar-refractivity contribution in [2.45, 2.75) is 58.7 Å². The molecular weight excluding hydrogens is 362 g/mol. The fraction of sp³-hybridized carbons (Fsp3) is 0.550. The average Bonchev–Trinajstić information content (AvgIpc) is 2.64. The summed E-state index contributed by atoms with van der Waals surface area (Å²) in [7, 11) is 0. The minimum Gasteiger partial charge on any atom is -0.508 e. The molecule has 0 saturated heterocycles. The van der Waals surface area contributed by atoms with Crippen molar-refractivity contribution in [2.75, 3.05) is 0 Å². The van der Waals surface area contributed by atoms with Crippen LogP contribution in [0.5, 0.6) is 5.75 Å². The van der Waals surface area contributed by atoms with Gasteiger partial charge in [-0.3, -0.25) is 9.59 Å². The van der Waals surface area contributed by atoms with Crippen molar-refractivity contribution < 1.29 is 24.6 Å². The highest BCUT2D eigenvalue weighted by Crippen LogP contribution is 2.13. The molecule has 0 radical (unpaired) electrons. The molecule has 1 rings (SSSR count). The third-order valence-electron chi connectivity index (χ3n) is 4.75. The standard InChI is InChI=1S/C20H31N3O5/c1-5-12(4)17(19(26)22-16(11(2)3)20(27)28)23-18(25)15(21)10-13-6-8-14(24)9-7-13/h6-9,11-12,15-17,24H,5,10,21H2,1-4H3,(H,22,26)(H,23,25)(H,27,28)/t12-,15-,16-,17-/m0/s1. The van der Waals surface area contributed by atoms with Gasteiger partial charge in [0.15, 0.2) is 0 Å². The maximum absolute atomic E-state index is 12.7. The molecule has 0 saturated carbocycles. The minimum absolute atomic E-state index is 0.119. The highest BCUT2D eigenvalue weighted by molar-refractivity contribution is 5.92. The zero-order valence-electron chi connectivity index (χ0n) is 16.8. The summed E-state index contributed by atoms with van der Waals surface area (Å²) < 4.78 is 0. The second-order valence-corrected chi connectivity index (χ2v) is 7.42. The number of aromatic hydroxyl groups is 1. The number of phenols is 1. The van der Waals surface area contributed by atoms with E-state index in [1.807, 2.05) is 6.92 Å². The smallest absolute Gasteiger partial charge is 0.326 e. The van der Waals surface area contributed by atoms with E-state index in [9.17, 15) is 24.6 Å². The summed E-state index contributed by atoms with van der Waals surface area (Å²) in [6, 6.07) is 3.54. The van der Waals surface area contributed by atoms with E-state index in [1.54, 1.807) is 32.9 Å². The molecular formula is C20H31N3O5. The molecule has 0 aliphatic rings. The normalized spacial score (nSPS) is 15.4. The number of aliphatic carboxylic acids is 1. The third-order valence-corrected chi connectivity index (χ3v) is 4.75. The van der Waals surface area contributed by atoms with E-state index in [4.69, 9.17) is 5.73 Å². The lowest BCUT2D eigenvalue weighted by Crippen LogP contribution is -2.57. The summed E-state index contributed by atoms with van der Waals surface area (Å²) in [5.41, 5.74) is 6.75. The number of carbonyl (C=O) groups excluding carboxylic acids is 2. The maximum atomic E-state index is 12.7. The predicted molar refractivity (Wildman–Crippen MR) is 106 cm³/mol. The predicted octanol–water partition coefficient (Wildman–Crippen LogP) is 1.02. The SMILES string of the molecule is CC[C@H](C)[C@H](NC(=O)[C@@H](N)Cc1ccc(O)cc1)C(=O)N[C@H](C(=O)O)C(C)C. The first kappa shape index (κ1) is 23.4. The lowest BCUT2D eigenvalue weighted by molar-refractivity contribution is -0.143. The number of carboxylic acid groups (broad SMARTS) is 1. The van der Waals surface area contributed by atoms with Crippen LogP contribution in [0, 0.1) is 11.8 Å². The summed E-state index contributed by atoms with van der Waals surface area (Å²) in [4.78, 5) is 36.5. The van der Waals surface area contributed by atoms with Crippen LogP contribution in [0.15, 0.2) is 24.3 Å². The summed E-state index contributed by atoms with van der Waals surface area (Å²) in [6.45, 7) is 7.08. The molecule has 0 aromatic heterocycles. The number of amides is 2. The van der Waals surface area contributed by atoms with Crippen molar-refractivity contribution in [3.05, 3.63) is 29.8 Å². The summed E-state index contributed by atoms with van der Waals surface area (Å²) in [5.74, 6) is -2.54. The van der Waals surface area contributed by atoms with E-state index in [1.165, 1.54) is 12.1 Å². The number of nitrogens with two attached hydrogens (primary N) is 1. The van der Waals surface area contributed by atoms with Crippen LogP contribution in [-0.2, 0) is 20.8 Å². The molecule has 4 atom stereocenters. The van der Waals surface area contributed by atoms with Gasteiger partial charge in [-0.15, -0.1) is 0 Å². The van der Waals surface area contributed by atoms with Crippen LogP contribution in [0.4, 0.5) is 0 Å². The fourth-order valence-electron chi connectivity index (χ4n) is 2.70. The quantitative estimate of drug-likeness (QED) is 0.402. The molecule has 1 aromatic rings. The van der Waals surface area contributed by atoms with Crippen molar-refractivity contribution in [1.29, 1.82) is 0 Å². The Bertz CT molecular complexity index is 675. The summed E-state index contributed by atoms with van der Waals surface area (Å²) >= 11 is 0. The Labute approximate surface area is 165 Å². The zero-order chi connectivity index (χ0) is 21.4. The molecule has 2 amide bonds. The molecule has 0 heterocycles. The van der Waals surface area contributed by atoms with Gasteiger partial charge in [-0.05, 0) is 36.0 Å². The Kier molecular flexibility index (Phi) is 8.91. The lowest BCUT2D eigenvalue weighted by Gasteiger charge is -2.27. The first-order valence-electron chi connectivity index (χ1n) is 9.43. The van der Waals surface area contributed by atoms with Crippen LogP contribution in [-0.4, -0.2) is 46.1 Å². The molecule has 0 unspecified atom stereocenters. The average molecular weight is 393 g/mol. The van der Waals surface area contributed by atoms with E-state index in [0.29, 0.717) is 6.42 Å². The minimum atomic E-state index is -1.12. The topological polar surface area (TPSA) is 142 Å². The zero-order valence-corrected chi connectivity index (χ0v) is 16.8. The highest BCUT2D eigenvalue weighted by atomic mass is 16.4. The van der Waals surface area contributed by atoms with Crippen LogP contribution in [0.25, 0.3) is 0 Å². The molecule has 8 heteroatoms. The van der Waals surface area contributed by atoms with E-state index >= 15 is 0 Å². The third kappa shape index (κ3) is 6.84. The van der Waals surface area contributed by atoms with Crippen molar-refractivity contribution in [1.82, 2.24) is 10.6 Å². The number of benzene rings is 1. The molecule has 0 spiro atoms. The number of phenolic OH excluding ortho intramolecular Hbond substituents is 1. The van der Waals surface area contributed by atoms with Gasteiger partial charge < -0.3 is 26.6 Å². The molecule has 0 fully saturated rings. The van der Waals surface area contributed by atoms with Crippen molar-refractivity contribution in [2.24, 2.45) is 17.6 Å². The largest absolute Gasteiger partial charge is 0.508 e. The van der Waals surface area contributed by atoms with Crippen LogP contribution in [0.1, 0.15) is 39.7 Å². The first-order valence-corrected chi connectivity index (χ1v) is 9.43. The molecule has 1 aromatic carbocycles. The molecule has 156 valence electrons. The Balaban J connectivity index is 2.83. The van der Waals surface area contributed by atoms with Crippen LogP contribution in [0.3, 0.4) is 0 Å². The maximum Gasteiger partial charge on any atom is 0.326 e. The number of hydrogen-bond donors (Lipinski definition) is 5. The van der Waals surface area contributed by atoms with Gasteiger partial charge in [-0.1, -0.05) is 46.2 Å². The second kappa shape index (κ2) is 10.7. The van der Waals surface area contributed by atoms with Crippen LogP contribution < -0.4 is 16.4 Å². The van der Waals surface area contributed by atoms with Crippen LogP contribution >= 0.6 is 0 Å². The van der Waals surface area contributed by atoms with E-state index < -0.39 is 35.9 Å². The first-order chi connectivity index (χ1) is 13.1. The molecule has 28 heavy (non-hydrogen) atoms. The Morgan fingerprint density at radius 1 is 1.00 bits per heavy atom. The number of rotatable bonds is 10. The Morgan fingerprint density at radius 3 is 2.00 bits per heavy atom. The number of carboxylic acids is 1. The van der Waals surface area contributed by atoms with Gasteiger partial charge in [0.1, 0.15) is 17.8 Å². The van der Waals surface area contributed by atoms with Gasteiger partial charge in [0.05, 0.1) is 6.04 Å². The van der Waals surface area contributed by atoms with E-state index in [0.717, 1.165) is 5.56 Å². The Hall–Kier alpha value is -2.61. The number of hydrogen-bond acceptors (Lipinski definition) is 5. The molecule has 6 N–H and O–H groups in total. The summed E-state index contributed by atoms with van der Waals surface area (Å²) in [5, 5.41) is 23.8. The molecule has 0 aliphatic heterocycles. The lowest BCUT2D eigenvalue weighted by atomic mass is 9.96. The van der Waals surface area contributed by atoms with E-state index in [-0.39, 0.29) is 24.0 Å². The van der Waals surface area contributed by atoms with Gasteiger partial charge in [-0.2, -0.15) is 0 Å². The van der Waals surface area contributed by atoms with Crippen molar-refractivity contribution in [3.63, 3.8) is 0 Å². The summed E-state index contributed by atoms with van der Waals surface area (Å²) in [6.07, 6.45) is 0.857. The monoisotopic (exact) mass is 393 g/mol. The van der Waals surface area contributed by atoms with Crippen LogP contribution in [0.2, 0.25) is 0 Å². The van der Waals surface area contributed by atoms with Gasteiger partial charge >= 0.3 is 5.97 Å². The van der Waals surface area contributed by atoms with E-state index in [2.05, 4.69) is 10.6 Å². The number of carbonyl (C=O) groups is 3. The second-order valence-electron chi connectivity index (χ2n) is 7.42. The highest BCUT2D eigenvalue weighted by Gasteiger charge is 2.32. The fourth-order valence-corrected chi connectivity index (χ4v) is 2.70. The number of nitrogens with one attached hydrogen (secondary N) is 2.